The van der Waals surface area contributed by atoms with E-state index in [9.17, 15) is 14.3 Å². The topological polar surface area (TPSA) is 49.3 Å². The van der Waals surface area contributed by atoms with E-state index in [1.165, 1.54) is 19.1 Å². The molecule has 0 saturated heterocycles. The normalized spacial score (nSPS) is 15.8. The van der Waals surface area contributed by atoms with Crippen molar-refractivity contribution >= 4 is 11.6 Å². The van der Waals surface area contributed by atoms with Crippen LogP contribution in [-0.2, 0) is 4.79 Å². The first-order valence-electron chi connectivity index (χ1n) is 5.95. The number of carbonyl (C=O) groups excluding carboxylic acids is 1. The number of halogens is 1. The number of hydrogen-bond acceptors (Lipinski definition) is 2. The molecule has 3 rings (SSSR count). The molecule has 3 nitrogen and oxygen atoms in total. The summed E-state index contributed by atoms with van der Waals surface area (Å²) in [6.07, 6.45) is -0.852. The number of fused-ring (bicyclic) bond motifs is 3. The summed E-state index contributed by atoms with van der Waals surface area (Å²) < 4.78 is 13.2. The Morgan fingerprint density at radius 2 is 1.79 bits per heavy atom. The summed E-state index contributed by atoms with van der Waals surface area (Å²) in [6, 6.07) is 9.70. The minimum absolute atomic E-state index is 0.170. The van der Waals surface area contributed by atoms with Crippen LogP contribution in [0.1, 0.15) is 24.2 Å². The minimum atomic E-state index is -0.852. The van der Waals surface area contributed by atoms with Crippen LogP contribution < -0.4 is 5.32 Å². The lowest BCUT2D eigenvalue weighted by atomic mass is 10.1. The first-order chi connectivity index (χ1) is 9.06. The second-order valence-corrected chi connectivity index (χ2v) is 4.62. The lowest BCUT2D eigenvalue weighted by Crippen LogP contribution is -2.06. The highest BCUT2D eigenvalue weighted by Crippen LogP contribution is 2.44. The third-order valence-electron chi connectivity index (χ3n) is 3.26. The minimum Gasteiger partial charge on any atom is -0.384 e. The van der Waals surface area contributed by atoms with Crippen LogP contribution in [0.4, 0.5) is 10.1 Å². The van der Waals surface area contributed by atoms with Crippen molar-refractivity contribution in [2.24, 2.45) is 0 Å². The average Bonchev–Trinajstić information content (AvgIpc) is 2.62. The molecule has 0 heterocycles. The summed E-state index contributed by atoms with van der Waals surface area (Å²) in [4.78, 5) is 11.0. The van der Waals surface area contributed by atoms with Crippen molar-refractivity contribution in [3.05, 3.63) is 53.3 Å². The molecule has 1 amide bonds. The fraction of sp³-hybridized carbons (Fsp3) is 0.133. The van der Waals surface area contributed by atoms with E-state index in [-0.39, 0.29) is 11.7 Å². The molecule has 96 valence electrons. The molecule has 0 fully saturated rings. The second-order valence-electron chi connectivity index (χ2n) is 4.62. The Balaban J connectivity index is 2.11. The molecule has 2 N–H and O–H groups in total. The zero-order chi connectivity index (χ0) is 13.6. The van der Waals surface area contributed by atoms with E-state index in [0.29, 0.717) is 16.8 Å². The summed E-state index contributed by atoms with van der Waals surface area (Å²) in [5.74, 6) is -0.538. The second kappa shape index (κ2) is 4.17. The van der Waals surface area contributed by atoms with Crippen LogP contribution in [0.15, 0.2) is 36.4 Å². The van der Waals surface area contributed by atoms with Crippen LogP contribution in [0.25, 0.3) is 11.1 Å². The highest BCUT2D eigenvalue weighted by atomic mass is 19.1. The molecule has 2 aromatic rings. The number of anilines is 1. The molecular weight excluding hydrogens is 245 g/mol. The van der Waals surface area contributed by atoms with Crippen molar-refractivity contribution in [2.45, 2.75) is 13.0 Å². The van der Waals surface area contributed by atoms with Gasteiger partial charge in [0.25, 0.3) is 0 Å². The first-order valence-corrected chi connectivity index (χ1v) is 5.95. The zero-order valence-corrected chi connectivity index (χ0v) is 10.3. The quantitative estimate of drug-likeness (QED) is 0.825. The van der Waals surface area contributed by atoms with Crippen molar-refractivity contribution in [1.29, 1.82) is 0 Å². The Kier molecular flexibility index (Phi) is 2.61. The number of aliphatic hydroxyl groups is 1. The molecule has 0 saturated carbocycles. The number of benzene rings is 2. The van der Waals surface area contributed by atoms with Gasteiger partial charge in [-0.1, -0.05) is 12.1 Å². The van der Waals surface area contributed by atoms with Crippen molar-refractivity contribution < 1.29 is 14.3 Å². The van der Waals surface area contributed by atoms with E-state index < -0.39 is 6.10 Å². The Morgan fingerprint density at radius 3 is 2.47 bits per heavy atom. The van der Waals surface area contributed by atoms with Gasteiger partial charge in [0.15, 0.2) is 0 Å². The lowest BCUT2D eigenvalue weighted by Gasteiger charge is -2.08. The molecule has 1 atom stereocenters. The summed E-state index contributed by atoms with van der Waals surface area (Å²) >= 11 is 0. The summed E-state index contributed by atoms with van der Waals surface area (Å²) in [5.41, 5.74) is 3.58. The van der Waals surface area contributed by atoms with Gasteiger partial charge in [0, 0.05) is 12.6 Å². The van der Waals surface area contributed by atoms with Crippen LogP contribution in [0.2, 0.25) is 0 Å². The maximum absolute atomic E-state index is 13.2. The van der Waals surface area contributed by atoms with Gasteiger partial charge >= 0.3 is 0 Å². The van der Waals surface area contributed by atoms with Crippen LogP contribution in [0, 0.1) is 5.82 Å². The van der Waals surface area contributed by atoms with E-state index in [1.807, 2.05) is 6.07 Å². The molecule has 1 aliphatic rings. The molecule has 19 heavy (non-hydrogen) atoms. The fourth-order valence-electron chi connectivity index (χ4n) is 2.49. The number of carbonyl (C=O) groups is 1. The van der Waals surface area contributed by atoms with Gasteiger partial charge in [-0.25, -0.2) is 4.39 Å². The molecule has 0 bridgehead atoms. The van der Waals surface area contributed by atoms with Gasteiger partial charge in [-0.3, -0.25) is 4.79 Å². The average molecular weight is 257 g/mol. The Hall–Kier alpha value is -2.20. The maximum atomic E-state index is 13.2. The van der Waals surface area contributed by atoms with E-state index >= 15 is 0 Å². The predicted molar refractivity (Wildman–Crippen MR) is 70.2 cm³/mol. The molecule has 0 radical (unpaired) electrons. The van der Waals surface area contributed by atoms with Gasteiger partial charge in [0.1, 0.15) is 11.9 Å². The van der Waals surface area contributed by atoms with Crippen molar-refractivity contribution in [2.75, 3.05) is 5.32 Å². The molecule has 1 unspecified atom stereocenters. The predicted octanol–water partition coefficient (Wildman–Crippen LogP) is 2.85. The SMILES string of the molecule is CC(=O)Nc1ccc2c(c1)C(O)c1cc(F)ccc1-2. The summed E-state index contributed by atoms with van der Waals surface area (Å²) in [6.45, 7) is 1.42. The van der Waals surface area contributed by atoms with Crippen molar-refractivity contribution in [1.82, 2.24) is 0 Å². The van der Waals surface area contributed by atoms with E-state index in [2.05, 4.69) is 5.32 Å². The monoisotopic (exact) mass is 257 g/mol. The van der Waals surface area contributed by atoms with Crippen LogP contribution in [-0.4, -0.2) is 11.0 Å². The number of hydrogen-bond donors (Lipinski definition) is 2. The zero-order valence-electron chi connectivity index (χ0n) is 10.3. The maximum Gasteiger partial charge on any atom is 0.221 e. The van der Waals surface area contributed by atoms with Gasteiger partial charge < -0.3 is 10.4 Å². The van der Waals surface area contributed by atoms with Crippen molar-refractivity contribution in [3.8, 4) is 11.1 Å². The van der Waals surface area contributed by atoms with E-state index in [1.54, 1.807) is 18.2 Å². The van der Waals surface area contributed by atoms with Crippen molar-refractivity contribution in [3.63, 3.8) is 0 Å². The Labute approximate surface area is 109 Å². The third kappa shape index (κ3) is 1.90. The standard InChI is InChI=1S/C15H12FNO2/c1-8(18)17-10-3-5-12-11-4-2-9(16)6-13(11)15(19)14(12)7-10/h2-7,15,19H,1H3,(H,17,18). The third-order valence-corrected chi connectivity index (χ3v) is 3.26. The van der Waals surface area contributed by atoms with E-state index in [4.69, 9.17) is 0 Å². The van der Waals surface area contributed by atoms with Crippen LogP contribution >= 0.6 is 0 Å². The Morgan fingerprint density at radius 1 is 1.16 bits per heavy atom. The molecule has 0 aliphatic heterocycles. The smallest absolute Gasteiger partial charge is 0.221 e. The lowest BCUT2D eigenvalue weighted by molar-refractivity contribution is -0.114. The molecule has 1 aliphatic carbocycles. The number of nitrogens with one attached hydrogen (secondary N) is 1. The van der Waals surface area contributed by atoms with Gasteiger partial charge in [-0.2, -0.15) is 0 Å². The summed E-state index contributed by atoms with van der Waals surface area (Å²) in [5, 5.41) is 12.9. The highest BCUT2D eigenvalue weighted by molar-refractivity contribution is 5.90. The van der Waals surface area contributed by atoms with Crippen LogP contribution in [0.3, 0.4) is 0 Å². The Bertz CT molecular complexity index is 682. The largest absolute Gasteiger partial charge is 0.384 e. The van der Waals surface area contributed by atoms with Gasteiger partial charge in [-0.05, 0) is 46.5 Å². The summed E-state index contributed by atoms with van der Waals surface area (Å²) in [7, 11) is 0. The first kappa shape index (κ1) is 11.9. The van der Waals surface area contributed by atoms with Gasteiger partial charge in [-0.15, -0.1) is 0 Å². The fourth-order valence-corrected chi connectivity index (χ4v) is 2.49. The molecule has 4 heteroatoms. The van der Waals surface area contributed by atoms with Gasteiger partial charge in [0.05, 0.1) is 0 Å². The number of amides is 1. The number of aliphatic hydroxyl groups excluding tert-OH is 1. The molecular formula is C15H12FNO2. The number of rotatable bonds is 1. The molecule has 0 aromatic heterocycles. The van der Waals surface area contributed by atoms with E-state index in [0.717, 1.165) is 11.1 Å². The molecule has 0 spiro atoms. The van der Waals surface area contributed by atoms with Crippen LogP contribution in [0.5, 0.6) is 0 Å². The highest BCUT2D eigenvalue weighted by Gasteiger charge is 2.27. The molecule has 2 aromatic carbocycles. The van der Waals surface area contributed by atoms with Gasteiger partial charge in [0.2, 0.25) is 5.91 Å².